The zero-order chi connectivity index (χ0) is 21.3. The van der Waals surface area contributed by atoms with Gasteiger partial charge in [-0.3, -0.25) is 4.90 Å². The first kappa shape index (κ1) is 20.7. The van der Waals surface area contributed by atoms with Crippen molar-refractivity contribution in [2.75, 3.05) is 18.4 Å². The van der Waals surface area contributed by atoms with Gasteiger partial charge in [0.05, 0.1) is 5.69 Å². The van der Waals surface area contributed by atoms with E-state index in [1.807, 2.05) is 12.1 Å². The minimum Gasteiger partial charge on any atom is -0.423 e. The molecule has 2 aromatic carbocycles. The van der Waals surface area contributed by atoms with Crippen molar-refractivity contribution < 1.29 is 4.42 Å². The number of benzene rings is 2. The predicted octanol–water partition coefficient (Wildman–Crippen LogP) is 5.48. The summed E-state index contributed by atoms with van der Waals surface area (Å²) in [5.74, 6) is 0. The monoisotopic (exact) mass is 404 g/mol. The molecule has 0 saturated carbocycles. The lowest BCUT2D eigenvalue weighted by molar-refractivity contribution is 0.211. The number of hydrogen-bond donors (Lipinski definition) is 1. The maximum absolute atomic E-state index is 12.0. The fourth-order valence-corrected chi connectivity index (χ4v) is 4.22. The van der Waals surface area contributed by atoms with Gasteiger partial charge in [-0.05, 0) is 48.4 Å². The number of piperidine rings is 1. The Hall–Kier alpha value is -2.59. The van der Waals surface area contributed by atoms with Crippen LogP contribution in [0.2, 0.25) is 0 Å². The highest BCUT2D eigenvalue weighted by Gasteiger charge is 2.21. The normalized spacial score (nSPS) is 16.1. The van der Waals surface area contributed by atoms with Gasteiger partial charge in [-0.15, -0.1) is 0 Å². The van der Waals surface area contributed by atoms with E-state index in [1.165, 1.54) is 11.1 Å². The smallest absolute Gasteiger partial charge is 0.338 e. The van der Waals surface area contributed by atoms with Crippen molar-refractivity contribution in [3.63, 3.8) is 0 Å². The second-order valence-electron chi connectivity index (χ2n) is 9.62. The first-order valence-corrected chi connectivity index (χ1v) is 10.9. The molecule has 30 heavy (non-hydrogen) atoms. The first-order chi connectivity index (χ1) is 14.3. The van der Waals surface area contributed by atoms with Crippen LogP contribution >= 0.6 is 0 Å². The van der Waals surface area contributed by atoms with Crippen LogP contribution in [-0.4, -0.2) is 24.0 Å². The Morgan fingerprint density at radius 1 is 1.03 bits per heavy atom. The van der Waals surface area contributed by atoms with Gasteiger partial charge < -0.3 is 9.73 Å². The van der Waals surface area contributed by atoms with Crippen LogP contribution in [0.5, 0.6) is 0 Å². The molecule has 0 atom stereocenters. The van der Waals surface area contributed by atoms with Gasteiger partial charge in [0.15, 0.2) is 0 Å². The van der Waals surface area contributed by atoms with E-state index in [2.05, 4.69) is 68.2 Å². The maximum Gasteiger partial charge on any atom is 0.338 e. The highest BCUT2D eigenvalue weighted by atomic mass is 16.4. The average Bonchev–Trinajstić information content (AvgIpc) is 2.70. The first-order valence-electron chi connectivity index (χ1n) is 10.9. The Kier molecular flexibility index (Phi) is 5.70. The Bertz CT molecular complexity index is 1070. The second kappa shape index (κ2) is 8.27. The topological polar surface area (TPSA) is 45.5 Å². The zero-order valence-corrected chi connectivity index (χ0v) is 18.5. The number of nitrogens with one attached hydrogen (secondary N) is 1. The molecule has 0 spiro atoms. The summed E-state index contributed by atoms with van der Waals surface area (Å²) in [7, 11) is 0. The van der Waals surface area contributed by atoms with Gasteiger partial charge in [0.1, 0.15) is 5.58 Å². The maximum atomic E-state index is 12.0. The highest BCUT2D eigenvalue weighted by Crippen LogP contribution is 2.26. The van der Waals surface area contributed by atoms with Gasteiger partial charge in [-0.1, -0.05) is 56.7 Å². The molecule has 1 N–H and O–H groups in total. The molecule has 0 unspecified atom stereocenters. The molecule has 1 saturated heterocycles. The number of likely N-dealkylation sites (tertiary alicyclic amines) is 1. The van der Waals surface area contributed by atoms with Gasteiger partial charge in [-0.25, -0.2) is 4.79 Å². The fraction of sp³-hybridized carbons (Fsp3) is 0.423. The molecular formula is C26H32N2O2. The lowest BCUT2D eigenvalue weighted by Gasteiger charge is -2.33. The van der Waals surface area contributed by atoms with E-state index in [4.69, 9.17) is 4.42 Å². The molecule has 158 valence electrons. The van der Waals surface area contributed by atoms with E-state index in [1.54, 1.807) is 6.07 Å². The molecule has 1 aliphatic heterocycles. The van der Waals surface area contributed by atoms with Crippen molar-refractivity contribution >= 4 is 16.7 Å². The van der Waals surface area contributed by atoms with Gasteiger partial charge in [0.2, 0.25) is 0 Å². The lowest BCUT2D eigenvalue weighted by Crippen LogP contribution is -2.38. The van der Waals surface area contributed by atoms with E-state index in [-0.39, 0.29) is 11.0 Å². The molecule has 0 aliphatic carbocycles. The second-order valence-corrected chi connectivity index (χ2v) is 9.62. The summed E-state index contributed by atoms with van der Waals surface area (Å²) in [6, 6.07) is 16.9. The van der Waals surface area contributed by atoms with Crippen molar-refractivity contribution in [3.8, 4) is 0 Å². The molecule has 3 aromatic rings. The summed E-state index contributed by atoms with van der Waals surface area (Å²) in [5, 5.41) is 4.60. The molecule has 0 bridgehead atoms. The van der Waals surface area contributed by atoms with Crippen LogP contribution in [0.15, 0.2) is 57.7 Å². The summed E-state index contributed by atoms with van der Waals surface area (Å²) in [4.78, 5) is 14.5. The summed E-state index contributed by atoms with van der Waals surface area (Å²) in [6.07, 6.45) is 2.13. The van der Waals surface area contributed by atoms with E-state index < -0.39 is 0 Å². The number of anilines is 1. The van der Waals surface area contributed by atoms with Crippen LogP contribution in [0, 0.1) is 6.92 Å². The molecule has 1 aromatic heterocycles. The van der Waals surface area contributed by atoms with Crippen molar-refractivity contribution in [2.24, 2.45) is 0 Å². The van der Waals surface area contributed by atoms with E-state index >= 15 is 0 Å². The number of fused-ring (bicyclic) bond motifs is 1. The van der Waals surface area contributed by atoms with E-state index in [9.17, 15) is 4.79 Å². The van der Waals surface area contributed by atoms with Crippen LogP contribution in [0.3, 0.4) is 0 Å². The fourth-order valence-electron chi connectivity index (χ4n) is 4.22. The average molecular weight is 405 g/mol. The van der Waals surface area contributed by atoms with Crippen LogP contribution in [0.4, 0.5) is 5.69 Å². The third kappa shape index (κ3) is 4.76. The van der Waals surface area contributed by atoms with Crippen LogP contribution in [0.1, 0.15) is 50.3 Å². The molecule has 0 amide bonds. The van der Waals surface area contributed by atoms with Gasteiger partial charge in [-0.2, -0.15) is 0 Å². The molecule has 2 heterocycles. The minimum atomic E-state index is -0.301. The lowest BCUT2D eigenvalue weighted by atomic mass is 9.86. The number of hydrogen-bond acceptors (Lipinski definition) is 4. The number of rotatable bonds is 4. The quantitative estimate of drug-likeness (QED) is 0.585. The van der Waals surface area contributed by atoms with Crippen LogP contribution < -0.4 is 10.9 Å². The van der Waals surface area contributed by atoms with Crippen molar-refractivity contribution in [3.05, 3.63) is 75.6 Å². The Morgan fingerprint density at radius 3 is 2.40 bits per heavy atom. The Labute approximate surface area is 178 Å². The van der Waals surface area contributed by atoms with E-state index in [0.29, 0.717) is 11.6 Å². The third-order valence-corrected chi connectivity index (χ3v) is 6.07. The SMILES string of the molecule is Cc1ccc2oc(=O)cc(NC3CCN(Cc4ccc(C(C)(C)C)cc4)CC3)c2c1. The molecule has 0 radical (unpaired) electrons. The number of aryl methyl sites for hydroxylation is 1. The summed E-state index contributed by atoms with van der Waals surface area (Å²) in [6.45, 7) is 11.9. The van der Waals surface area contributed by atoms with Crippen LogP contribution in [-0.2, 0) is 12.0 Å². The molecule has 4 nitrogen and oxygen atoms in total. The van der Waals surface area contributed by atoms with Crippen molar-refractivity contribution in [2.45, 2.75) is 58.5 Å². The molecule has 1 aliphatic rings. The van der Waals surface area contributed by atoms with Crippen molar-refractivity contribution in [1.29, 1.82) is 0 Å². The van der Waals surface area contributed by atoms with Crippen molar-refractivity contribution in [1.82, 2.24) is 4.90 Å². The van der Waals surface area contributed by atoms with Gasteiger partial charge in [0.25, 0.3) is 0 Å². The van der Waals surface area contributed by atoms with Crippen LogP contribution in [0.25, 0.3) is 11.0 Å². The predicted molar refractivity (Wildman–Crippen MR) is 124 cm³/mol. The highest BCUT2D eigenvalue weighted by molar-refractivity contribution is 5.90. The summed E-state index contributed by atoms with van der Waals surface area (Å²) < 4.78 is 5.36. The van der Waals surface area contributed by atoms with E-state index in [0.717, 1.165) is 49.1 Å². The van der Waals surface area contributed by atoms with Gasteiger partial charge in [0, 0.05) is 37.1 Å². The Balaban J connectivity index is 1.38. The standard InChI is InChI=1S/C26H32N2O2/c1-18-5-10-24-22(15-18)23(16-25(29)30-24)27-21-11-13-28(14-12-21)17-19-6-8-20(9-7-19)26(2,3)4/h5-10,15-16,21,27H,11-14,17H2,1-4H3. The molecule has 4 rings (SSSR count). The number of nitrogens with zero attached hydrogens (tertiary/aromatic N) is 1. The summed E-state index contributed by atoms with van der Waals surface area (Å²) >= 11 is 0. The largest absolute Gasteiger partial charge is 0.423 e. The third-order valence-electron chi connectivity index (χ3n) is 6.07. The minimum absolute atomic E-state index is 0.194. The summed E-state index contributed by atoms with van der Waals surface area (Å²) in [5.41, 5.74) is 5.34. The zero-order valence-electron chi connectivity index (χ0n) is 18.5. The molecule has 4 heteroatoms. The molecular weight excluding hydrogens is 372 g/mol. The molecule has 1 fully saturated rings. The van der Waals surface area contributed by atoms with Gasteiger partial charge >= 0.3 is 5.63 Å². The Morgan fingerprint density at radius 2 is 1.73 bits per heavy atom.